The number of aromatic nitrogens is 1. The van der Waals surface area contributed by atoms with Crippen LogP contribution in [0.1, 0.15) is 30.5 Å². The number of hydrogen-bond acceptors (Lipinski definition) is 7. The molecule has 0 spiro atoms. The second kappa shape index (κ2) is 6.40. The molecule has 1 aliphatic heterocycles. The van der Waals surface area contributed by atoms with Crippen LogP contribution in [0, 0.1) is 11.3 Å². The molecule has 2 aromatic carbocycles. The van der Waals surface area contributed by atoms with E-state index in [4.69, 9.17) is 11.0 Å². The number of aliphatic imine (C=N–C) groups is 1. The first-order valence-electron chi connectivity index (χ1n) is 8.68. The van der Waals surface area contributed by atoms with E-state index in [0.717, 1.165) is 21.3 Å². The lowest BCUT2D eigenvalue weighted by Gasteiger charge is -2.30. The molecular weight excluding hydrogens is 392 g/mol. The van der Waals surface area contributed by atoms with Crippen LogP contribution >= 0.6 is 11.3 Å². The number of nitrogens with zero attached hydrogens (tertiary/aromatic N) is 3. The Morgan fingerprint density at radius 1 is 1.21 bits per heavy atom. The van der Waals surface area contributed by atoms with Crippen molar-refractivity contribution in [3.63, 3.8) is 0 Å². The monoisotopic (exact) mass is 410 g/mol. The summed E-state index contributed by atoms with van der Waals surface area (Å²) in [5, 5.41) is 9.74. The molecular formula is C20H18N4O2S2. The number of sulfone groups is 1. The molecule has 2 N–H and O–H groups in total. The van der Waals surface area contributed by atoms with Gasteiger partial charge in [-0.25, -0.2) is 13.4 Å². The van der Waals surface area contributed by atoms with E-state index >= 15 is 0 Å². The van der Waals surface area contributed by atoms with Crippen LogP contribution in [-0.4, -0.2) is 29.7 Å². The summed E-state index contributed by atoms with van der Waals surface area (Å²) in [7, 11) is -3.42. The fourth-order valence-electron chi connectivity index (χ4n) is 3.10. The summed E-state index contributed by atoms with van der Waals surface area (Å²) in [6.07, 6.45) is 0. The molecule has 0 bridgehead atoms. The maximum Gasteiger partial charge on any atom is 0.165 e. The summed E-state index contributed by atoms with van der Waals surface area (Å²) in [5.41, 5.74) is 9.26. The number of nitrogens with two attached hydrogens (primary N) is 1. The third-order valence-electron chi connectivity index (χ3n) is 5.08. The van der Waals surface area contributed by atoms with Crippen molar-refractivity contribution in [2.75, 3.05) is 5.75 Å². The Morgan fingerprint density at radius 2 is 1.96 bits per heavy atom. The SMILES string of the molecule is CC1(C)C(N)=NC(c2nc3ccc(-c4cccc(C#N)c4)cc3s2)CS1(=O)=O. The van der Waals surface area contributed by atoms with Crippen LogP contribution in [0.3, 0.4) is 0 Å². The number of hydrogen-bond donors (Lipinski definition) is 1. The fraction of sp³-hybridized carbons (Fsp3) is 0.250. The van der Waals surface area contributed by atoms with Gasteiger partial charge in [-0.15, -0.1) is 11.3 Å². The molecule has 8 heteroatoms. The molecule has 28 heavy (non-hydrogen) atoms. The normalized spacial score (nSPS) is 20.5. The van der Waals surface area contributed by atoms with E-state index in [9.17, 15) is 8.42 Å². The Morgan fingerprint density at radius 3 is 2.68 bits per heavy atom. The Bertz CT molecular complexity index is 1270. The first-order chi connectivity index (χ1) is 13.2. The van der Waals surface area contributed by atoms with Crippen molar-refractivity contribution in [1.82, 2.24) is 4.98 Å². The van der Waals surface area contributed by atoms with Gasteiger partial charge in [0.15, 0.2) is 9.84 Å². The Hall–Kier alpha value is -2.76. The first-order valence-corrected chi connectivity index (χ1v) is 11.2. The molecule has 3 aromatic rings. The molecule has 0 saturated carbocycles. The van der Waals surface area contributed by atoms with Crippen molar-refractivity contribution >= 4 is 37.2 Å². The van der Waals surface area contributed by atoms with Crippen LogP contribution in [0.2, 0.25) is 0 Å². The topological polar surface area (TPSA) is 109 Å². The molecule has 1 unspecified atom stereocenters. The lowest BCUT2D eigenvalue weighted by Crippen LogP contribution is -2.50. The minimum atomic E-state index is -3.42. The molecule has 6 nitrogen and oxygen atoms in total. The molecule has 1 atom stereocenters. The standard InChI is InChI=1S/C20H18N4O2S2/c1-20(2)19(22)24-16(11-28(20,25)26)18-23-15-7-6-14(9-17(15)27-18)13-5-3-4-12(8-13)10-21/h3-9,16H,11H2,1-2H3,(H2,22,24). The molecule has 0 saturated heterocycles. The lowest BCUT2D eigenvalue weighted by molar-refractivity contribution is 0.561. The van der Waals surface area contributed by atoms with Gasteiger partial charge in [-0.1, -0.05) is 18.2 Å². The molecule has 0 radical (unpaired) electrons. The number of benzene rings is 2. The van der Waals surface area contributed by atoms with Crippen LogP contribution in [0.4, 0.5) is 0 Å². The van der Waals surface area contributed by atoms with E-state index < -0.39 is 20.6 Å². The van der Waals surface area contributed by atoms with Crippen molar-refractivity contribution in [2.45, 2.75) is 24.6 Å². The Kier molecular flexibility index (Phi) is 4.25. The maximum absolute atomic E-state index is 12.6. The summed E-state index contributed by atoms with van der Waals surface area (Å²) in [6.45, 7) is 3.16. The molecule has 1 aromatic heterocycles. The Labute approximate surface area is 167 Å². The fourth-order valence-corrected chi connectivity index (χ4v) is 5.68. The largest absolute Gasteiger partial charge is 0.386 e. The van der Waals surface area contributed by atoms with Gasteiger partial charge in [-0.2, -0.15) is 5.26 Å². The van der Waals surface area contributed by atoms with Gasteiger partial charge >= 0.3 is 0 Å². The predicted octanol–water partition coefficient (Wildman–Crippen LogP) is 3.44. The smallest absolute Gasteiger partial charge is 0.165 e. The van der Waals surface area contributed by atoms with Crippen LogP contribution in [0.15, 0.2) is 47.5 Å². The summed E-state index contributed by atoms with van der Waals surface area (Å²) in [5.74, 6) is 0.0226. The number of nitriles is 1. The van der Waals surface area contributed by atoms with Gasteiger partial charge in [0, 0.05) is 0 Å². The van der Waals surface area contributed by atoms with Crippen molar-refractivity contribution in [3.8, 4) is 17.2 Å². The maximum atomic E-state index is 12.6. The highest BCUT2D eigenvalue weighted by atomic mass is 32.2. The van der Waals surface area contributed by atoms with Gasteiger partial charge in [0.1, 0.15) is 21.6 Å². The average Bonchev–Trinajstić information content (AvgIpc) is 3.09. The molecule has 4 rings (SSSR count). The van der Waals surface area contributed by atoms with Gasteiger partial charge in [0.05, 0.1) is 27.6 Å². The summed E-state index contributed by atoms with van der Waals surface area (Å²) in [4.78, 5) is 9.02. The molecule has 142 valence electrons. The highest BCUT2D eigenvalue weighted by Gasteiger charge is 2.44. The van der Waals surface area contributed by atoms with Crippen LogP contribution < -0.4 is 5.73 Å². The number of fused-ring (bicyclic) bond motifs is 1. The minimum Gasteiger partial charge on any atom is -0.386 e. The van der Waals surface area contributed by atoms with Gasteiger partial charge in [0.2, 0.25) is 0 Å². The average molecular weight is 411 g/mol. The third kappa shape index (κ3) is 2.97. The van der Waals surface area contributed by atoms with Crippen LogP contribution in [-0.2, 0) is 9.84 Å². The number of amidine groups is 1. The van der Waals surface area contributed by atoms with E-state index in [-0.39, 0.29) is 11.6 Å². The van der Waals surface area contributed by atoms with Gasteiger partial charge in [-0.3, -0.25) is 4.99 Å². The first kappa shape index (κ1) is 18.6. The zero-order chi connectivity index (χ0) is 20.1. The second-order valence-corrected chi connectivity index (χ2v) is 10.9. The molecule has 0 fully saturated rings. The highest BCUT2D eigenvalue weighted by Crippen LogP contribution is 2.36. The molecule has 0 aliphatic carbocycles. The molecule has 0 amide bonds. The van der Waals surface area contributed by atoms with Crippen LogP contribution in [0.25, 0.3) is 21.3 Å². The third-order valence-corrected chi connectivity index (χ3v) is 8.72. The Balaban J connectivity index is 1.75. The van der Waals surface area contributed by atoms with E-state index in [2.05, 4.69) is 16.0 Å². The second-order valence-electron chi connectivity index (χ2n) is 7.25. The summed E-state index contributed by atoms with van der Waals surface area (Å²) < 4.78 is 25.0. The minimum absolute atomic E-state index is 0.0996. The van der Waals surface area contributed by atoms with Gasteiger partial charge < -0.3 is 5.73 Å². The molecule has 2 heterocycles. The van der Waals surface area contributed by atoms with Crippen molar-refractivity contribution < 1.29 is 8.42 Å². The summed E-state index contributed by atoms with van der Waals surface area (Å²) >= 11 is 1.42. The molecule has 1 aliphatic rings. The predicted molar refractivity (Wildman–Crippen MR) is 112 cm³/mol. The van der Waals surface area contributed by atoms with Gasteiger partial charge in [0.25, 0.3) is 0 Å². The van der Waals surface area contributed by atoms with Crippen molar-refractivity contribution in [1.29, 1.82) is 5.26 Å². The van der Waals surface area contributed by atoms with Crippen molar-refractivity contribution in [3.05, 3.63) is 53.0 Å². The number of rotatable bonds is 2. The summed E-state index contributed by atoms with van der Waals surface area (Å²) in [6, 6.07) is 14.8. The quantitative estimate of drug-likeness (QED) is 0.696. The van der Waals surface area contributed by atoms with E-state index in [1.54, 1.807) is 19.9 Å². The zero-order valence-corrected chi connectivity index (χ0v) is 17.0. The zero-order valence-electron chi connectivity index (χ0n) is 15.4. The number of thiazole rings is 1. The lowest BCUT2D eigenvalue weighted by atomic mass is 10.0. The van der Waals surface area contributed by atoms with E-state index in [1.807, 2.05) is 36.4 Å². The van der Waals surface area contributed by atoms with Gasteiger partial charge in [-0.05, 0) is 49.2 Å². The van der Waals surface area contributed by atoms with E-state index in [1.165, 1.54) is 11.3 Å². The van der Waals surface area contributed by atoms with Crippen molar-refractivity contribution in [2.24, 2.45) is 10.7 Å². The highest BCUT2D eigenvalue weighted by molar-refractivity contribution is 7.93. The van der Waals surface area contributed by atoms with Crippen LogP contribution in [0.5, 0.6) is 0 Å². The van der Waals surface area contributed by atoms with E-state index in [0.29, 0.717) is 10.6 Å².